The van der Waals surface area contributed by atoms with Crippen LogP contribution in [0.4, 0.5) is 4.39 Å². The summed E-state index contributed by atoms with van der Waals surface area (Å²) >= 11 is 4.46. The zero-order valence-corrected chi connectivity index (χ0v) is 8.29. The van der Waals surface area contributed by atoms with Gasteiger partial charge in [0.05, 0.1) is 0 Å². The van der Waals surface area contributed by atoms with Gasteiger partial charge in [-0.15, -0.1) is 0 Å². The molecule has 3 nitrogen and oxygen atoms in total. The molecule has 0 fully saturated rings. The van der Waals surface area contributed by atoms with E-state index in [-0.39, 0.29) is 12.1 Å². The average Bonchev–Trinajstić information content (AvgIpc) is 2.68. The van der Waals surface area contributed by atoms with Gasteiger partial charge in [-0.25, -0.2) is 4.39 Å². The highest BCUT2D eigenvalue weighted by Crippen LogP contribution is 2.14. The van der Waals surface area contributed by atoms with E-state index in [9.17, 15) is 9.18 Å². The van der Waals surface area contributed by atoms with Gasteiger partial charge < -0.3 is 4.98 Å². The minimum Gasteiger partial charge on any atom is -0.361 e. The van der Waals surface area contributed by atoms with Crippen LogP contribution in [-0.2, 0) is 9.59 Å². The number of rotatable bonds is 1. The highest BCUT2D eigenvalue weighted by molar-refractivity contribution is 6.77. The molecule has 15 heavy (non-hydrogen) atoms. The van der Waals surface area contributed by atoms with E-state index in [1.54, 1.807) is 18.3 Å². The first-order chi connectivity index (χ1) is 7.15. The van der Waals surface area contributed by atoms with E-state index in [4.69, 9.17) is 4.79 Å². The van der Waals surface area contributed by atoms with Gasteiger partial charge in [0.25, 0.3) is 5.24 Å². The summed E-state index contributed by atoms with van der Waals surface area (Å²) in [6.07, 6.45) is 1.77. The molecule has 0 spiro atoms. The third kappa shape index (κ3) is 3.18. The molecular formula is C10H7ClFNO2. The normalized spacial score (nSPS) is 9.20. The Hall–Kier alpha value is -1.68. The van der Waals surface area contributed by atoms with Crippen LogP contribution in [0.1, 0.15) is 0 Å². The van der Waals surface area contributed by atoms with Crippen molar-refractivity contribution in [3.8, 4) is 0 Å². The lowest BCUT2D eigenvalue weighted by Crippen LogP contribution is -1.80. The van der Waals surface area contributed by atoms with Crippen LogP contribution in [0.2, 0.25) is 0 Å². The molecule has 0 amide bonds. The summed E-state index contributed by atoms with van der Waals surface area (Å²) in [7, 11) is 0. The lowest BCUT2D eigenvalue weighted by molar-refractivity contribution is -0.124. The number of aromatic amines is 1. The van der Waals surface area contributed by atoms with Crippen LogP contribution < -0.4 is 0 Å². The van der Waals surface area contributed by atoms with Gasteiger partial charge in [-0.05, 0) is 29.8 Å². The monoisotopic (exact) mass is 227 g/mol. The van der Waals surface area contributed by atoms with Crippen molar-refractivity contribution in [3.05, 3.63) is 36.3 Å². The number of aromatic nitrogens is 1. The first kappa shape index (κ1) is 11.4. The largest absolute Gasteiger partial charge is 0.361 e. The van der Waals surface area contributed by atoms with Crippen LogP contribution in [0.5, 0.6) is 0 Å². The van der Waals surface area contributed by atoms with E-state index in [2.05, 4.69) is 16.6 Å². The number of hydrogen-bond donors (Lipinski definition) is 1. The van der Waals surface area contributed by atoms with Crippen molar-refractivity contribution in [3.63, 3.8) is 0 Å². The lowest BCUT2D eigenvalue weighted by Gasteiger charge is -1.88. The smallest absolute Gasteiger partial charge is 0.284 e. The Morgan fingerprint density at radius 1 is 1.40 bits per heavy atom. The molecule has 78 valence electrons. The van der Waals surface area contributed by atoms with Gasteiger partial charge in [0.2, 0.25) is 6.29 Å². The van der Waals surface area contributed by atoms with E-state index in [0.717, 1.165) is 5.52 Å². The second kappa shape index (κ2) is 5.26. The molecule has 1 N–H and O–H groups in total. The van der Waals surface area contributed by atoms with Crippen molar-refractivity contribution < 1.29 is 14.0 Å². The second-order valence-electron chi connectivity index (χ2n) is 2.60. The van der Waals surface area contributed by atoms with Crippen molar-refractivity contribution in [2.45, 2.75) is 0 Å². The molecule has 2 rings (SSSR count). The molecule has 0 saturated heterocycles. The van der Waals surface area contributed by atoms with Crippen LogP contribution in [0.25, 0.3) is 10.9 Å². The zero-order chi connectivity index (χ0) is 11.3. The van der Waals surface area contributed by atoms with Gasteiger partial charge in [0, 0.05) is 17.1 Å². The Morgan fingerprint density at radius 2 is 2.07 bits per heavy atom. The Bertz CT molecular complexity index is 481. The van der Waals surface area contributed by atoms with E-state index in [1.165, 1.54) is 6.07 Å². The zero-order valence-electron chi connectivity index (χ0n) is 7.54. The molecule has 0 atom stereocenters. The quantitative estimate of drug-likeness (QED) is 0.462. The summed E-state index contributed by atoms with van der Waals surface area (Å²) in [5.41, 5.74) is 0.847. The number of carbonyl (C=O) groups excluding carboxylic acids is 2. The maximum absolute atomic E-state index is 12.8. The molecule has 0 bridgehead atoms. The Kier molecular flexibility index (Phi) is 4.00. The summed E-state index contributed by atoms with van der Waals surface area (Å²) in [5.74, 6) is -0.168. The van der Waals surface area contributed by atoms with Crippen LogP contribution in [0.15, 0.2) is 30.5 Å². The van der Waals surface area contributed by atoms with Gasteiger partial charge in [-0.1, -0.05) is 6.07 Å². The van der Waals surface area contributed by atoms with Crippen LogP contribution >= 0.6 is 11.6 Å². The Morgan fingerprint density at radius 3 is 2.60 bits per heavy atom. The fourth-order valence-electron chi connectivity index (χ4n) is 1.05. The topological polar surface area (TPSA) is 49.9 Å². The summed E-state index contributed by atoms with van der Waals surface area (Å²) in [4.78, 5) is 21.2. The summed E-state index contributed by atoms with van der Waals surface area (Å²) in [6, 6.07) is 6.72. The van der Waals surface area contributed by atoms with Gasteiger partial charge in [-0.2, -0.15) is 0 Å². The highest BCUT2D eigenvalue weighted by atomic mass is 35.5. The molecule has 0 unspecified atom stereocenters. The molecule has 0 radical (unpaired) electrons. The van der Waals surface area contributed by atoms with Crippen molar-refractivity contribution in [2.75, 3.05) is 0 Å². The number of nitrogens with one attached hydrogen (secondary N) is 1. The fraction of sp³-hybridized carbons (Fsp3) is 0. The first-order valence-corrected chi connectivity index (χ1v) is 4.39. The maximum Gasteiger partial charge on any atom is 0.284 e. The molecular weight excluding hydrogens is 221 g/mol. The standard InChI is InChI=1S/C8H6FN.C2HClO2/c9-7-2-1-3-8-6(7)4-5-10-8;3-2(5)1-4/h1-5,10H;1H. The van der Waals surface area contributed by atoms with Gasteiger partial charge in [0.15, 0.2) is 0 Å². The number of fused-ring (bicyclic) bond motifs is 1. The van der Waals surface area contributed by atoms with Crippen molar-refractivity contribution in [1.29, 1.82) is 0 Å². The second-order valence-corrected chi connectivity index (χ2v) is 2.97. The molecule has 0 saturated carbocycles. The Labute approximate surface area is 89.8 Å². The number of hydrogen-bond acceptors (Lipinski definition) is 2. The third-order valence-corrected chi connectivity index (χ3v) is 1.72. The summed E-state index contributed by atoms with van der Waals surface area (Å²) in [5, 5.41) is -0.299. The Balaban J connectivity index is 0.000000195. The minimum absolute atomic E-state index is 0.0432. The van der Waals surface area contributed by atoms with Gasteiger partial charge >= 0.3 is 0 Å². The number of halogens is 2. The fourth-order valence-corrected chi connectivity index (χ4v) is 1.05. The van der Waals surface area contributed by atoms with Crippen molar-refractivity contribution in [1.82, 2.24) is 4.98 Å². The van der Waals surface area contributed by atoms with Gasteiger partial charge in [-0.3, -0.25) is 9.59 Å². The summed E-state index contributed by atoms with van der Waals surface area (Å²) in [6.45, 7) is 0. The predicted molar refractivity (Wildman–Crippen MR) is 55.2 cm³/mol. The molecule has 1 aromatic heterocycles. The molecule has 1 heterocycles. The van der Waals surface area contributed by atoms with Crippen LogP contribution in [0.3, 0.4) is 0 Å². The van der Waals surface area contributed by atoms with Gasteiger partial charge in [0.1, 0.15) is 5.82 Å². The van der Waals surface area contributed by atoms with E-state index < -0.39 is 5.24 Å². The average molecular weight is 228 g/mol. The number of carbonyl (C=O) groups is 2. The van der Waals surface area contributed by atoms with Crippen molar-refractivity contribution in [2.24, 2.45) is 0 Å². The van der Waals surface area contributed by atoms with Crippen LogP contribution in [0, 0.1) is 5.82 Å². The van der Waals surface area contributed by atoms with E-state index >= 15 is 0 Å². The molecule has 0 aliphatic carbocycles. The SMILES string of the molecule is Fc1cccc2[nH]ccc12.O=CC(=O)Cl. The third-order valence-electron chi connectivity index (χ3n) is 1.63. The minimum atomic E-state index is -0.954. The van der Waals surface area contributed by atoms with E-state index in [0.29, 0.717) is 5.39 Å². The number of benzene rings is 1. The molecule has 0 aliphatic heterocycles. The van der Waals surface area contributed by atoms with Crippen LogP contribution in [-0.4, -0.2) is 16.5 Å². The molecule has 1 aromatic carbocycles. The van der Waals surface area contributed by atoms with Crippen molar-refractivity contribution >= 4 is 34.0 Å². The maximum atomic E-state index is 12.8. The van der Waals surface area contributed by atoms with E-state index in [1.807, 2.05) is 6.07 Å². The summed E-state index contributed by atoms with van der Waals surface area (Å²) < 4.78 is 12.8. The molecule has 0 aliphatic rings. The molecule has 5 heteroatoms. The number of aldehydes is 1. The number of H-pyrrole nitrogens is 1. The predicted octanol–water partition coefficient (Wildman–Crippen LogP) is 2.26. The highest BCUT2D eigenvalue weighted by Gasteiger charge is 1.97. The molecule has 2 aromatic rings. The lowest BCUT2D eigenvalue weighted by atomic mass is 10.2. The first-order valence-electron chi connectivity index (χ1n) is 4.01.